The van der Waals surface area contributed by atoms with Gasteiger partial charge in [0.2, 0.25) is 0 Å². The predicted octanol–water partition coefficient (Wildman–Crippen LogP) is 35.5. The van der Waals surface area contributed by atoms with E-state index >= 15 is 0 Å². The van der Waals surface area contributed by atoms with Gasteiger partial charge in [0.1, 0.15) is 0 Å². The third-order valence-corrected chi connectivity index (χ3v) is 31.7. The Morgan fingerprint density at radius 3 is 0.528 bits per heavy atom. The molecule has 18 rings (SSSR count). The van der Waals surface area contributed by atoms with Gasteiger partial charge >= 0.3 is 0 Å². The molecule has 12 aromatic carbocycles. The van der Waals surface area contributed by atoms with Crippen LogP contribution in [0.3, 0.4) is 0 Å². The summed E-state index contributed by atoms with van der Waals surface area (Å²) in [6.45, 7) is 51.1. The fourth-order valence-electron chi connectivity index (χ4n) is 24.3. The molecule has 0 N–H and O–H groups in total. The van der Waals surface area contributed by atoms with E-state index in [2.05, 4.69) is 370 Å². The van der Waals surface area contributed by atoms with Crippen LogP contribution in [0.1, 0.15) is 314 Å². The van der Waals surface area contributed by atoms with Gasteiger partial charge in [-0.3, -0.25) is 0 Å². The largest absolute Gasteiger partial charge is 0.0628 e. The van der Waals surface area contributed by atoms with Crippen LogP contribution in [0.25, 0.3) is 122 Å². The third kappa shape index (κ3) is 14.5. The maximum absolute atomic E-state index is 2.71. The summed E-state index contributed by atoms with van der Waals surface area (Å²) in [5.41, 5.74) is 49.1. The Labute approximate surface area is 742 Å². The summed E-state index contributed by atoms with van der Waals surface area (Å²) in [6.07, 6.45) is 18.8. The smallest absolute Gasteiger partial charge is 0.0215 e. The first-order valence-electron chi connectivity index (χ1n) is 48.5. The lowest BCUT2D eigenvalue weighted by Crippen LogP contribution is -2.27. The molecule has 0 atom stereocenters. The van der Waals surface area contributed by atoms with Crippen molar-refractivity contribution in [3.8, 4) is 122 Å². The quantitative estimate of drug-likeness (QED) is 0.0438. The van der Waals surface area contributed by atoms with Crippen LogP contribution in [0.15, 0.2) is 224 Å². The normalized spacial score (nSPS) is 16.0. The summed E-state index contributed by atoms with van der Waals surface area (Å²) in [4.78, 5) is 0. The molecule has 0 aliphatic heterocycles. The maximum Gasteiger partial charge on any atom is 0.0215 e. The van der Waals surface area contributed by atoms with E-state index in [-0.39, 0.29) is 32.5 Å². The highest BCUT2D eigenvalue weighted by Crippen LogP contribution is 2.63. The lowest BCUT2D eigenvalue weighted by atomic mass is 9.68. The summed E-state index contributed by atoms with van der Waals surface area (Å²) in [6, 6.07) is 92.6. The van der Waals surface area contributed by atoms with Crippen molar-refractivity contribution in [1.29, 1.82) is 0 Å². The Balaban J connectivity index is 0.666. The van der Waals surface area contributed by atoms with Gasteiger partial charge in [-0.2, -0.15) is 0 Å². The maximum atomic E-state index is 2.71. The van der Waals surface area contributed by atoms with Crippen molar-refractivity contribution < 1.29 is 0 Å². The van der Waals surface area contributed by atoms with Crippen LogP contribution in [0, 0.1) is 54.3 Å². The number of hydrogen-bond donors (Lipinski definition) is 0. The molecule has 0 spiro atoms. The third-order valence-electron chi connectivity index (χ3n) is 31.7. The molecular weight excluding hydrogens is 1480 g/mol. The van der Waals surface area contributed by atoms with Crippen molar-refractivity contribution in [3.63, 3.8) is 0 Å². The average molecular weight is 1620 g/mol. The van der Waals surface area contributed by atoms with E-state index in [9.17, 15) is 0 Å². The summed E-state index contributed by atoms with van der Waals surface area (Å²) < 4.78 is 0. The Hall–Kier alpha value is -9.36. The molecule has 0 amide bonds. The minimum atomic E-state index is -0.192. The first-order chi connectivity index (χ1) is 58.8. The van der Waals surface area contributed by atoms with Crippen LogP contribution in [0.5, 0.6) is 0 Å². The van der Waals surface area contributed by atoms with Crippen molar-refractivity contribution in [2.45, 2.75) is 281 Å². The second-order valence-electron chi connectivity index (χ2n) is 44.2. The van der Waals surface area contributed by atoms with Gasteiger partial charge in [0.05, 0.1) is 0 Å². The molecule has 0 saturated heterocycles. The Kier molecular flexibility index (Phi) is 22.2. The molecule has 0 fully saturated rings. The molecule has 0 aromatic heterocycles. The molecule has 0 nitrogen and oxygen atoms in total. The molecule has 123 heavy (non-hydrogen) atoms. The van der Waals surface area contributed by atoms with Crippen molar-refractivity contribution >= 4 is 0 Å². The average Bonchev–Trinajstić information content (AvgIpc) is 1.62. The first kappa shape index (κ1) is 84.5. The van der Waals surface area contributed by atoms with Crippen LogP contribution in [-0.2, 0) is 32.5 Å². The molecule has 0 bridgehead atoms. The van der Waals surface area contributed by atoms with Crippen molar-refractivity contribution in [3.05, 3.63) is 297 Å². The van der Waals surface area contributed by atoms with Gasteiger partial charge < -0.3 is 0 Å². The summed E-state index contributed by atoms with van der Waals surface area (Å²) in [7, 11) is 0. The summed E-state index contributed by atoms with van der Waals surface area (Å²) in [5, 5.41) is 0. The van der Waals surface area contributed by atoms with E-state index in [1.54, 1.807) is 22.3 Å². The van der Waals surface area contributed by atoms with E-state index < -0.39 is 0 Å². The van der Waals surface area contributed by atoms with Gasteiger partial charge in [-0.05, 0) is 407 Å². The van der Waals surface area contributed by atoms with Gasteiger partial charge in [-0.1, -0.05) is 308 Å². The zero-order valence-electron chi connectivity index (χ0n) is 78.8. The number of benzene rings is 12. The van der Waals surface area contributed by atoms with E-state index in [1.807, 2.05) is 0 Å². The molecule has 0 heterocycles. The molecule has 632 valence electrons. The van der Waals surface area contributed by atoms with E-state index in [0.717, 1.165) is 25.7 Å². The van der Waals surface area contributed by atoms with Gasteiger partial charge in [-0.25, -0.2) is 0 Å². The van der Waals surface area contributed by atoms with Gasteiger partial charge in [0.25, 0.3) is 0 Å². The molecule has 6 aliphatic carbocycles. The molecule has 0 saturated carbocycles. The summed E-state index contributed by atoms with van der Waals surface area (Å²) in [5.74, 6) is 4.90. The Bertz CT molecular complexity index is 6000. The molecule has 0 unspecified atom stereocenters. The highest BCUT2D eigenvalue weighted by molar-refractivity contribution is 5.94. The lowest BCUT2D eigenvalue weighted by Gasteiger charge is -2.35. The fourth-order valence-corrected chi connectivity index (χ4v) is 24.3. The second kappa shape index (κ2) is 32.3. The minimum absolute atomic E-state index is 0.0102. The minimum Gasteiger partial charge on any atom is -0.0628 e. The van der Waals surface area contributed by atoms with E-state index in [4.69, 9.17) is 0 Å². The number of hydrogen-bond acceptors (Lipinski definition) is 0. The van der Waals surface area contributed by atoms with Gasteiger partial charge in [0.15, 0.2) is 0 Å². The molecule has 6 aliphatic rings. The van der Waals surface area contributed by atoms with Gasteiger partial charge in [0, 0.05) is 32.5 Å². The van der Waals surface area contributed by atoms with E-state index in [0.29, 0.717) is 47.3 Å². The fraction of sp³-hybridized carbons (Fsp3) is 0.415. The van der Waals surface area contributed by atoms with Crippen LogP contribution in [-0.4, -0.2) is 0 Å². The zero-order chi connectivity index (χ0) is 86.3. The molecule has 0 radical (unpaired) electrons. The second-order valence-corrected chi connectivity index (χ2v) is 44.2. The topological polar surface area (TPSA) is 0 Å². The zero-order valence-corrected chi connectivity index (χ0v) is 78.8. The molecular formula is C123H140. The standard InChI is InChI=1S/C123H140/c1-75(2)48-56-120(57-49-76(3)4)106-25-23-22-24-94(106)100-42-31-88(69-112(100)120)84-27-38-95-97-40-29-86(67-109(97)118(18,19)107(95)65-84)90-33-44-102-104-46-35-92(73-116(104)122(114(102)71-90,60-52-79(9)10)61-53-80(11)12)93-36-47-105-103-45-34-91(72-115(103)123(117(105)74-93,62-54-81(13)14)63-55-82(15)16)87-30-41-98-96-39-28-85(66-108(96)119(20,21)110(98)68-87)89-32-43-101-99-37-26-83(17)64-111(99)121(113(101)70-89,58-50-77(5)6)59-51-78(7)8/h22-47,64-82H,48-63H2,1-21H3. The molecule has 0 heteroatoms. The lowest BCUT2D eigenvalue weighted by molar-refractivity contribution is 0.364. The highest BCUT2D eigenvalue weighted by atomic mass is 14.5. The predicted molar refractivity (Wildman–Crippen MR) is 531 cm³/mol. The van der Waals surface area contributed by atoms with Crippen molar-refractivity contribution in [2.24, 2.45) is 47.3 Å². The SMILES string of the molecule is Cc1ccc2c(c1)C(CCC(C)C)(CCC(C)C)c1cc(-c3ccc4c(c3)C(C)(C)c3cc(-c5ccc6c(c5)C(CCC(C)C)(CCC(C)C)c5cc(-c7ccc8c(c7)C(CCC(C)C)(CCC(C)C)c7cc(-c9ccc%10c(c9)C(C)(C)c9cc(-c%11ccc%12c(c%11)C(CCC(C)C)(CCC(C)C)c%11ccccc%11-%12)ccc9-%10)ccc7-8)ccc5-6)ccc3-4)ccc1-2. The van der Waals surface area contributed by atoms with Crippen LogP contribution >= 0.6 is 0 Å². The molecule has 12 aromatic rings. The van der Waals surface area contributed by atoms with Crippen LogP contribution in [0.4, 0.5) is 0 Å². The highest BCUT2D eigenvalue weighted by Gasteiger charge is 2.49. The monoisotopic (exact) mass is 1620 g/mol. The number of rotatable bonds is 29. The summed E-state index contributed by atoms with van der Waals surface area (Å²) >= 11 is 0. The van der Waals surface area contributed by atoms with E-state index in [1.165, 1.54) is 250 Å². The van der Waals surface area contributed by atoms with Gasteiger partial charge in [-0.15, -0.1) is 0 Å². The van der Waals surface area contributed by atoms with Crippen LogP contribution in [0.2, 0.25) is 0 Å². The van der Waals surface area contributed by atoms with Crippen molar-refractivity contribution in [1.82, 2.24) is 0 Å². The number of aryl methyl sites for hydroxylation is 1. The van der Waals surface area contributed by atoms with Crippen LogP contribution < -0.4 is 0 Å². The Morgan fingerprint density at radius 1 is 0.171 bits per heavy atom. The van der Waals surface area contributed by atoms with Crippen molar-refractivity contribution in [2.75, 3.05) is 0 Å². The first-order valence-corrected chi connectivity index (χ1v) is 48.5. The number of fused-ring (bicyclic) bond motifs is 18. The Morgan fingerprint density at radius 2 is 0.325 bits per heavy atom.